The van der Waals surface area contributed by atoms with Crippen LogP contribution in [0.3, 0.4) is 0 Å². The van der Waals surface area contributed by atoms with E-state index in [1.807, 2.05) is 0 Å². The molecule has 0 radical (unpaired) electrons. The number of hydrogen-bond acceptors (Lipinski definition) is 5. The number of aromatic nitrogens is 2. The van der Waals surface area contributed by atoms with Crippen molar-refractivity contribution in [3.8, 4) is 0 Å². The molecule has 0 aliphatic heterocycles. The number of rotatable bonds is 6. The van der Waals surface area contributed by atoms with Crippen molar-refractivity contribution in [2.75, 3.05) is 7.11 Å². The van der Waals surface area contributed by atoms with Crippen molar-refractivity contribution in [3.05, 3.63) is 11.7 Å². The Bertz CT molecular complexity index is 331. The number of nitrogens with one attached hydrogen (secondary N) is 1. The first-order valence-corrected chi connectivity index (χ1v) is 6.06. The molecule has 0 saturated heterocycles. The number of nitrogens with zero attached hydrogens (tertiary/aromatic N) is 2. The minimum absolute atomic E-state index is 0.0404. The average molecular weight is 241 g/mol. The molecule has 1 aromatic heterocycles. The highest BCUT2D eigenvalue weighted by Crippen LogP contribution is 2.18. The summed E-state index contributed by atoms with van der Waals surface area (Å²) in [6, 6.07) is 0. The molecule has 0 spiro atoms. The zero-order valence-electron chi connectivity index (χ0n) is 11.4. The van der Waals surface area contributed by atoms with Crippen LogP contribution in [0.1, 0.15) is 58.4 Å². The molecule has 0 bridgehead atoms. The average Bonchev–Trinajstić information content (AvgIpc) is 2.70. The van der Waals surface area contributed by atoms with Gasteiger partial charge in [-0.3, -0.25) is 0 Å². The second-order valence-electron chi connectivity index (χ2n) is 5.16. The first-order chi connectivity index (χ1) is 7.96. The molecule has 0 aliphatic rings. The van der Waals surface area contributed by atoms with E-state index in [0.29, 0.717) is 18.3 Å². The molecular weight excluding hydrogens is 218 g/mol. The highest BCUT2D eigenvalue weighted by molar-refractivity contribution is 4.91. The molecule has 1 rings (SSSR count). The molecule has 1 N–H and O–H groups in total. The Morgan fingerprint density at radius 1 is 1.41 bits per heavy atom. The summed E-state index contributed by atoms with van der Waals surface area (Å²) in [6.45, 7) is 8.98. The highest BCUT2D eigenvalue weighted by Gasteiger charge is 2.18. The van der Waals surface area contributed by atoms with Crippen LogP contribution in [0, 0.1) is 0 Å². The van der Waals surface area contributed by atoms with Gasteiger partial charge in [0.1, 0.15) is 6.10 Å². The topological polar surface area (TPSA) is 60.2 Å². The van der Waals surface area contributed by atoms with Crippen LogP contribution in [0.5, 0.6) is 0 Å². The fourth-order valence-electron chi connectivity index (χ4n) is 1.43. The molecule has 5 heteroatoms. The van der Waals surface area contributed by atoms with Gasteiger partial charge in [-0.25, -0.2) is 0 Å². The van der Waals surface area contributed by atoms with Crippen molar-refractivity contribution in [2.45, 2.75) is 58.7 Å². The summed E-state index contributed by atoms with van der Waals surface area (Å²) in [4.78, 5) is 4.34. The Morgan fingerprint density at radius 3 is 2.65 bits per heavy atom. The molecule has 1 aromatic rings. The molecule has 1 unspecified atom stereocenters. The first-order valence-electron chi connectivity index (χ1n) is 6.06. The SMILES string of the molecule is CCCC(OC)c1noc(CNC(C)(C)C)n1. The maximum Gasteiger partial charge on any atom is 0.240 e. The molecule has 1 heterocycles. The van der Waals surface area contributed by atoms with Gasteiger partial charge in [-0.1, -0.05) is 18.5 Å². The summed E-state index contributed by atoms with van der Waals surface area (Å²) in [6.07, 6.45) is 1.87. The molecule has 0 saturated carbocycles. The lowest BCUT2D eigenvalue weighted by Crippen LogP contribution is -2.35. The van der Waals surface area contributed by atoms with Crippen molar-refractivity contribution < 1.29 is 9.26 Å². The molecule has 0 aromatic carbocycles. The number of hydrogen-bond donors (Lipinski definition) is 1. The Morgan fingerprint density at radius 2 is 2.12 bits per heavy atom. The van der Waals surface area contributed by atoms with Gasteiger partial charge in [-0.15, -0.1) is 0 Å². The molecule has 0 fully saturated rings. The van der Waals surface area contributed by atoms with Crippen molar-refractivity contribution in [3.63, 3.8) is 0 Å². The summed E-state index contributed by atoms with van der Waals surface area (Å²) in [7, 11) is 1.67. The highest BCUT2D eigenvalue weighted by atomic mass is 16.5. The van der Waals surface area contributed by atoms with Crippen LogP contribution in [0.2, 0.25) is 0 Å². The van der Waals surface area contributed by atoms with Gasteiger partial charge < -0.3 is 14.6 Å². The van der Waals surface area contributed by atoms with E-state index in [1.165, 1.54) is 0 Å². The van der Waals surface area contributed by atoms with Gasteiger partial charge in [-0.05, 0) is 27.2 Å². The van der Waals surface area contributed by atoms with E-state index in [2.05, 4.69) is 43.2 Å². The maximum atomic E-state index is 5.33. The van der Waals surface area contributed by atoms with E-state index in [1.54, 1.807) is 7.11 Å². The van der Waals surface area contributed by atoms with E-state index >= 15 is 0 Å². The Hall–Kier alpha value is -0.940. The van der Waals surface area contributed by atoms with Crippen molar-refractivity contribution in [1.29, 1.82) is 0 Å². The monoisotopic (exact) mass is 241 g/mol. The van der Waals surface area contributed by atoms with Crippen LogP contribution in [0.25, 0.3) is 0 Å². The molecule has 0 amide bonds. The zero-order chi connectivity index (χ0) is 12.9. The van der Waals surface area contributed by atoms with Crippen LogP contribution in [-0.4, -0.2) is 22.8 Å². The molecular formula is C12H23N3O2. The predicted molar refractivity (Wildman–Crippen MR) is 65.5 cm³/mol. The van der Waals surface area contributed by atoms with Crippen LogP contribution in [-0.2, 0) is 11.3 Å². The molecule has 17 heavy (non-hydrogen) atoms. The standard InChI is InChI=1S/C12H23N3O2/c1-6-7-9(16-5)11-14-10(17-15-11)8-13-12(2,3)4/h9,13H,6-8H2,1-5H3. The fourth-order valence-corrected chi connectivity index (χ4v) is 1.43. The van der Waals surface area contributed by atoms with E-state index in [0.717, 1.165) is 12.8 Å². The van der Waals surface area contributed by atoms with E-state index in [4.69, 9.17) is 9.26 Å². The van der Waals surface area contributed by atoms with Gasteiger partial charge in [0.05, 0.1) is 6.54 Å². The Labute approximate surface area is 103 Å². The van der Waals surface area contributed by atoms with Crippen LogP contribution in [0.4, 0.5) is 0 Å². The molecule has 0 aliphatic carbocycles. The normalized spacial score (nSPS) is 13.9. The Kier molecular flexibility index (Phi) is 5.08. The third kappa shape index (κ3) is 4.83. The molecule has 5 nitrogen and oxygen atoms in total. The van der Waals surface area contributed by atoms with Gasteiger partial charge in [0.2, 0.25) is 11.7 Å². The van der Waals surface area contributed by atoms with E-state index in [9.17, 15) is 0 Å². The van der Waals surface area contributed by atoms with Gasteiger partial charge in [0.15, 0.2) is 0 Å². The first kappa shape index (κ1) is 14.1. The fraction of sp³-hybridized carbons (Fsp3) is 0.833. The van der Waals surface area contributed by atoms with Crippen molar-refractivity contribution >= 4 is 0 Å². The Balaban J connectivity index is 2.58. The largest absolute Gasteiger partial charge is 0.373 e. The lowest BCUT2D eigenvalue weighted by atomic mass is 10.1. The molecule has 1 atom stereocenters. The third-order valence-corrected chi connectivity index (χ3v) is 2.38. The summed E-state index contributed by atoms with van der Waals surface area (Å²) < 4.78 is 10.5. The second kappa shape index (κ2) is 6.12. The predicted octanol–water partition coefficient (Wildman–Crippen LogP) is 2.45. The van der Waals surface area contributed by atoms with Gasteiger partial charge >= 0.3 is 0 Å². The van der Waals surface area contributed by atoms with Crippen molar-refractivity contribution in [1.82, 2.24) is 15.5 Å². The smallest absolute Gasteiger partial charge is 0.240 e. The number of methoxy groups -OCH3 is 1. The summed E-state index contributed by atoms with van der Waals surface area (Å²) in [5.41, 5.74) is 0.0404. The van der Waals surface area contributed by atoms with E-state index in [-0.39, 0.29) is 11.6 Å². The maximum absolute atomic E-state index is 5.33. The molecule has 98 valence electrons. The lowest BCUT2D eigenvalue weighted by Gasteiger charge is -2.18. The van der Waals surface area contributed by atoms with Crippen molar-refractivity contribution in [2.24, 2.45) is 0 Å². The van der Waals surface area contributed by atoms with Gasteiger partial charge in [0, 0.05) is 12.6 Å². The minimum atomic E-state index is -0.0628. The van der Waals surface area contributed by atoms with Crippen LogP contribution < -0.4 is 5.32 Å². The third-order valence-electron chi connectivity index (χ3n) is 2.38. The van der Waals surface area contributed by atoms with Gasteiger partial charge in [-0.2, -0.15) is 4.98 Å². The van der Waals surface area contributed by atoms with Gasteiger partial charge in [0.25, 0.3) is 0 Å². The van der Waals surface area contributed by atoms with E-state index < -0.39 is 0 Å². The summed E-state index contributed by atoms with van der Waals surface area (Å²) >= 11 is 0. The summed E-state index contributed by atoms with van der Waals surface area (Å²) in [5.74, 6) is 1.24. The quantitative estimate of drug-likeness (QED) is 0.829. The lowest BCUT2D eigenvalue weighted by molar-refractivity contribution is 0.0854. The summed E-state index contributed by atoms with van der Waals surface area (Å²) in [5, 5.41) is 7.26. The zero-order valence-corrected chi connectivity index (χ0v) is 11.4. The minimum Gasteiger partial charge on any atom is -0.373 e. The number of ether oxygens (including phenoxy) is 1. The van der Waals surface area contributed by atoms with Crippen LogP contribution >= 0.6 is 0 Å². The van der Waals surface area contributed by atoms with Crippen LogP contribution in [0.15, 0.2) is 4.52 Å². The second-order valence-corrected chi connectivity index (χ2v) is 5.16.